The average Bonchev–Trinajstić information content (AvgIpc) is 3.07. The van der Waals surface area contributed by atoms with Crippen LogP contribution in [0.3, 0.4) is 0 Å². The maximum Gasteiger partial charge on any atom is 0.309 e. The van der Waals surface area contributed by atoms with E-state index < -0.39 is 17.2 Å². The van der Waals surface area contributed by atoms with Gasteiger partial charge in [0.05, 0.1) is 12.0 Å². The van der Waals surface area contributed by atoms with Gasteiger partial charge in [0.15, 0.2) is 5.79 Å². The van der Waals surface area contributed by atoms with E-state index in [1.807, 2.05) is 0 Å². The number of fused-ring (bicyclic) bond motifs is 2. The van der Waals surface area contributed by atoms with Crippen molar-refractivity contribution in [1.82, 2.24) is 0 Å². The van der Waals surface area contributed by atoms with Crippen molar-refractivity contribution < 1.29 is 19.7 Å². The van der Waals surface area contributed by atoms with Crippen LogP contribution in [0.4, 0.5) is 0 Å². The van der Waals surface area contributed by atoms with E-state index in [-0.39, 0.29) is 16.2 Å². The fourth-order valence-corrected chi connectivity index (χ4v) is 16.0. The molecule has 8 aliphatic rings. The number of rotatable bonds is 3. The summed E-state index contributed by atoms with van der Waals surface area (Å²) in [6.07, 6.45) is 19.0. The molecule has 8 rings (SSSR count). The molecule has 4 nitrogen and oxygen atoms in total. The molecular weight excluding hydrogens is 496 g/mol. The lowest BCUT2D eigenvalue weighted by molar-refractivity contribution is -0.368. The van der Waals surface area contributed by atoms with E-state index in [0.717, 1.165) is 51.0 Å². The summed E-state index contributed by atoms with van der Waals surface area (Å²) >= 11 is 0. The zero-order chi connectivity index (χ0) is 28.2. The Morgan fingerprint density at radius 1 is 0.900 bits per heavy atom. The summed E-state index contributed by atoms with van der Waals surface area (Å²) in [4.78, 5) is 12.7. The number of ether oxygens (including phenoxy) is 1. The van der Waals surface area contributed by atoms with E-state index in [1.165, 1.54) is 64.2 Å². The van der Waals surface area contributed by atoms with E-state index in [4.69, 9.17) is 4.74 Å². The Bertz CT molecular complexity index is 1140. The maximum absolute atomic E-state index is 12.7. The minimum absolute atomic E-state index is 0.149. The quantitative estimate of drug-likeness (QED) is 0.370. The number of aliphatic hydroxyl groups is 1. The molecule has 0 unspecified atom stereocenters. The molecule has 7 aliphatic carbocycles. The van der Waals surface area contributed by atoms with Gasteiger partial charge >= 0.3 is 5.97 Å². The Labute approximate surface area is 242 Å². The molecule has 8 fully saturated rings. The van der Waals surface area contributed by atoms with Crippen molar-refractivity contribution in [3.05, 3.63) is 0 Å². The third kappa shape index (κ3) is 2.62. The van der Waals surface area contributed by atoms with Gasteiger partial charge in [-0.05, 0) is 141 Å². The molecule has 2 spiro atoms. The van der Waals surface area contributed by atoms with E-state index in [2.05, 4.69) is 34.6 Å². The van der Waals surface area contributed by atoms with Gasteiger partial charge in [0.2, 0.25) is 0 Å². The molecule has 13 atom stereocenters. The lowest BCUT2D eigenvalue weighted by Gasteiger charge is -2.84. The highest BCUT2D eigenvalue weighted by atomic mass is 16.6. The predicted molar refractivity (Wildman–Crippen MR) is 155 cm³/mol. The number of hydrogen-bond acceptors (Lipinski definition) is 3. The number of hydrogen-bond donors (Lipinski definition) is 2. The van der Waals surface area contributed by atoms with Crippen LogP contribution in [0.1, 0.15) is 137 Å². The first-order chi connectivity index (χ1) is 18.8. The van der Waals surface area contributed by atoms with Gasteiger partial charge in [-0.15, -0.1) is 0 Å². The minimum atomic E-state index is -0.893. The van der Waals surface area contributed by atoms with Crippen LogP contribution >= 0.6 is 0 Å². The molecule has 0 aromatic rings. The lowest BCUT2D eigenvalue weighted by atomic mass is 9.19. The van der Waals surface area contributed by atoms with Gasteiger partial charge in [-0.1, -0.05) is 40.5 Å². The van der Waals surface area contributed by atoms with E-state index >= 15 is 0 Å². The molecule has 2 N–H and O–H groups in total. The van der Waals surface area contributed by atoms with Crippen molar-refractivity contribution in [3.8, 4) is 0 Å². The van der Waals surface area contributed by atoms with Gasteiger partial charge in [-0.2, -0.15) is 0 Å². The van der Waals surface area contributed by atoms with Crippen molar-refractivity contribution >= 4 is 5.97 Å². The highest BCUT2D eigenvalue weighted by Crippen LogP contribution is 2.89. The molecule has 0 aromatic heterocycles. The van der Waals surface area contributed by atoms with Crippen molar-refractivity contribution in [2.75, 3.05) is 6.61 Å². The van der Waals surface area contributed by atoms with Crippen LogP contribution in [0, 0.1) is 67.5 Å². The summed E-state index contributed by atoms with van der Waals surface area (Å²) in [5, 5.41) is 22.4. The number of aliphatic carboxylic acids is 1. The summed E-state index contributed by atoms with van der Waals surface area (Å²) in [5.74, 6) is 1.38. The molecule has 1 saturated heterocycles. The molecule has 4 heteroatoms. The van der Waals surface area contributed by atoms with Crippen LogP contribution in [-0.4, -0.2) is 28.6 Å². The first-order valence-corrected chi connectivity index (χ1v) is 17.4. The first-order valence-electron chi connectivity index (χ1n) is 17.4. The third-order valence-electron chi connectivity index (χ3n) is 17.6. The second-order valence-corrected chi connectivity index (χ2v) is 18.1. The normalized spacial score (nSPS) is 63.1. The summed E-state index contributed by atoms with van der Waals surface area (Å²) in [5.41, 5.74) is 1.06. The van der Waals surface area contributed by atoms with Crippen LogP contribution in [0.5, 0.6) is 0 Å². The molecule has 4 bridgehead atoms. The highest BCUT2D eigenvalue weighted by Gasteiger charge is 2.84. The number of carboxylic acids is 1. The van der Waals surface area contributed by atoms with Gasteiger partial charge in [0.1, 0.15) is 0 Å². The molecule has 40 heavy (non-hydrogen) atoms. The predicted octanol–water partition coefficient (Wildman–Crippen LogP) is 8.21. The molecule has 1 aliphatic heterocycles. The molecule has 7 saturated carbocycles. The van der Waals surface area contributed by atoms with Crippen LogP contribution in [0.25, 0.3) is 0 Å². The lowest BCUT2D eigenvalue weighted by Crippen LogP contribution is -2.79. The Morgan fingerprint density at radius 2 is 1.68 bits per heavy atom. The van der Waals surface area contributed by atoms with Gasteiger partial charge in [0, 0.05) is 17.8 Å². The third-order valence-corrected chi connectivity index (χ3v) is 17.6. The van der Waals surface area contributed by atoms with Crippen LogP contribution in [-0.2, 0) is 9.53 Å². The van der Waals surface area contributed by atoms with Gasteiger partial charge in [-0.25, -0.2) is 0 Å². The van der Waals surface area contributed by atoms with Crippen LogP contribution < -0.4 is 0 Å². The Kier molecular flexibility index (Phi) is 5.20. The van der Waals surface area contributed by atoms with Crippen molar-refractivity contribution in [2.24, 2.45) is 67.5 Å². The Balaban J connectivity index is 1.30. The fraction of sp³-hybridized carbons (Fsp3) is 0.972. The molecule has 0 radical (unpaired) electrons. The number of carbonyl (C=O) groups is 1. The van der Waals surface area contributed by atoms with E-state index in [9.17, 15) is 15.0 Å². The highest BCUT2D eigenvalue weighted by molar-refractivity contribution is 5.74. The summed E-state index contributed by atoms with van der Waals surface area (Å²) < 4.78 is 6.53. The smallest absolute Gasteiger partial charge is 0.309 e. The van der Waals surface area contributed by atoms with Crippen molar-refractivity contribution in [3.63, 3.8) is 0 Å². The van der Waals surface area contributed by atoms with Crippen LogP contribution in [0.15, 0.2) is 0 Å². The summed E-state index contributed by atoms with van der Waals surface area (Å²) in [7, 11) is 0. The standard InChI is InChI=1S/C36H56O4/c1-6-8-25-33-17-18-35-12-7-11-34(20-24-10-9-23(27(33)32(24,35)5)19-36(25,39)40-22-33)26-21-30(3,28(37)38)14-13-29(26,2)15-16-31(34,35)4/h23-27,39H,6-22H2,1-5H3,(H,37,38)/t23-,24-,25+,26+,27-,29+,30+,31-,32-,33-,34-,35+,36-/m0/s1. The zero-order valence-corrected chi connectivity index (χ0v) is 26.1. The first kappa shape index (κ1) is 27.0. The topological polar surface area (TPSA) is 66.8 Å². The second kappa shape index (κ2) is 7.72. The van der Waals surface area contributed by atoms with E-state index in [0.29, 0.717) is 39.9 Å². The minimum Gasteiger partial charge on any atom is -0.481 e. The summed E-state index contributed by atoms with van der Waals surface area (Å²) in [6.45, 7) is 13.3. The fourth-order valence-electron chi connectivity index (χ4n) is 16.0. The number of carboxylic acid groups (broad SMARTS) is 1. The average molecular weight is 553 g/mol. The SMILES string of the molecule is CCC[C@@H]1[C@]23CC[C@@]45CCC[C@]6(C[C@@H]7CC[C@@H](C[C@]1(O)OC2)[C@H]3[C@]74C)[C@@H]1C[C@](C)(C(=O)O)CC[C@]1(C)CC[C@@]65C. The van der Waals surface area contributed by atoms with E-state index in [1.54, 1.807) is 0 Å². The van der Waals surface area contributed by atoms with Crippen LogP contribution in [0.2, 0.25) is 0 Å². The van der Waals surface area contributed by atoms with Crippen molar-refractivity contribution in [1.29, 1.82) is 0 Å². The van der Waals surface area contributed by atoms with Gasteiger partial charge in [-0.3, -0.25) is 4.79 Å². The van der Waals surface area contributed by atoms with Crippen molar-refractivity contribution in [2.45, 2.75) is 143 Å². The largest absolute Gasteiger partial charge is 0.481 e. The van der Waals surface area contributed by atoms with Gasteiger partial charge < -0.3 is 14.9 Å². The summed E-state index contributed by atoms with van der Waals surface area (Å²) in [6, 6.07) is 0. The molecule has 1 heterocycles. The monoisotopic (exact) mass is 552 g/mol. The molecular formula is C36H56O4. The second-order valence-electron chi connectivity index (χ2n) is 18.1. The Hall–Kier alpha value is -0.610. The Morgan fingerprint density at radius 3 is 2.42 bits per heavy atom. The molecule has 0 aromatic carbocycles. The molecule has 0 amide bonds. The molecule has 224 valence electrons. The maximum atomic E-state index is 12.7. The van der Waals surface area contributed by atoms with Gasteiger partial charge in [0.25, 0.3) is 0 Å². The zero-order valence-electron chi connectivity index (χ0n) is 26.1.